The number of guanidine groups is 1. The van der Waals surface area contributed by atoms with Gasteiger partial charge in [-0.25, -0.2) is 0 Å². The fraction of sp³-hybridized carbons (Fsp3) is 0.391. The molecule has 0 saturated carbocycles. The number of anilines is 1. The van der Waals surface area contributed by atoms with Crippen molar-refractivity contribution in [3.05, 3.63) is 54.1 Å². The first-order chi connectivity index (χ1) is 14.7. The molecule has 2 aromatic rings. The maximum atomic E-state index is 12.2. The van der Waals surface area contributed by atoms with Crippen LogP contribution in [0.15, 0.2) is 53.5 Å². The van der Waals surface area contributed by atoms with E-state index in [1.807, 2.05) is 49.4 Å². The van der Waals surface area contributed by atoms with Gasteiger partial charge in [-0.05, 0) is 43.5 Å². The molecule has 0 bridgehead atoms. The molecule has 3 rings (SSSR count). The average molecular weight is 411 g/mol. The lowest BCUT2D eigenvalue weighted by atomic mass is 10.1. The topological polar surface area (TPSA) is 75.2 Å². The molecule has 7 nitrogen and oxygen atoms in total. The van der Waals surface area contributed by atoms with Crippen LogP contribution in [0.5, 0.6) is 11.5 Å². The van der Waals surface area contributed by atoms with Crippen molar-refractivity contribution in [3.8, 4) is 11.5 Å². The van der Waals surface area contributed by atoms with Crippen LogP contribution in [0.4, 0.5) is 5.69 Å². The standard InChI is InChI=1S/C23H30N4O3/c1-3-24-23(26-15-13-18-9-4-6-11-20(18)29-2)25-14-8-16-27-19-10-5-7-12-21(19)30-17-22(27)28/h4-7,9-12H,3,8,13-17H2,1-2H3,(H2,24,25,26). The van der Waals surface area contributed by atoms with Gasteiger partial charge in [-0.3, -0.25) is 9.79 Å². The Hall–Kier alpha value is -3.22. The summed E-state index contributed by atoms with van der Waals surface area (Å²) in [6.45, 7) is 4.91. The van der Waals surface area contributed by atoms with Crippen LogP contribution >= 0.6 is 0 Å². The molecule has 7 heteroatoms. The largest absolute Gasteiger partial charge is 0.496 e. The molecule has 0 radical (unpaired) electrons. The second-order valence-electron chi connectivity index (χ2n) is 6.90. The lowest BCUT2D eigenvalue weighted by molar-refractivity contribution is -0.121. The van der Waals surface area contributed by atoms with E-state index in [2.05, 4.69) is 21.7 Å². The van der Waals surface area contributed by atoms with Crippen molar-refractivity contribution in [2.75, 3.05) is 44.8 Å². The molecule has 1 aliphatic heterocycles. The molecular weight excluding hydrogens is 380 g/mol. The van der Waals surface area contributed by atoms with Crippen LogP contribution in [0.25, 0.3) is 0 Å². The number of rotatable bonds is 9. The van der Waals surface area contributed by atoms with E-state index in [0.717, 1.165) is 54.6 Å². The van der Waals surface area contributed by atoms with Crippen LogP contribution in [0, 0.1) is 0 Å². The molecule has 2 N–H and O–H groups in total. The Labute approximate surface area is 178 Å². The minimum atomic E-state index is -0.0143. The molecule has 1 aliphatic rings. The number of ether oxygens (including phenoxy) is 2. The smallest absolute Gasteiger partial charge is 0.265 e. The Bertz CT molecular complexity index is 869. The zero-order valence-electron chi connectivity index (χ0n) is 17.7. The first kappa shape index (κ1) is 21.5. The van der Waals surface area contributed by atoms with Crippen LogP contribution in [-0.2, 0) is 11.2 Å². The van der Waals surface area contributed by atoms with Gasteiger partial charge >= 0.3 is 0 Å². The lowest BCUT2D eigenvalue weighted by Gasteiger charge is -2.29. The minimum Gasteiger partial charge on any atom is -0.496 e. The van der Waals surface area contributed by atoms with Crippen LogP contribution in [-0.4, -0.2) is 51.8 Å². The number of aliphatic imine (C=N–C) groups is 1. The summed E-state index contributed by atoms with van der Waals surface area (Å²) in [7, 11) is 1.69. The van der Waals surface area contributed by atoms with E-state index in [1.54, 1.807) is 12.0 Å². The second-order valence-corrected chi connectivity index (χ2v) is 6.90. The number of carbonyl (C=O) groups excluding carboxylic acids is 1. The van der Waals surface area contributed by atoms with Gasteiger partial charge in [0.15, 0.2) is 12.6 Å². The summed E-state index contributed by atoms with van der Waals surface area (Å²) in [5.74, 6) is 2.42. The predicted molar refractivity (Wildman–Crippen MR) is 120 cm³/mol. The number of para-hydroxylation sites is 3. The van der Waals surface area contributed by atoms with Gasteiger partial charge in [-0.1, -0.05) is 30.3 Å². The molecule has 160 valence electrons. The Morgan fingerprint density at radius 3 is 2.80 bits per heavy atom. The number of benzene rings is 2. The number of nitrogens with zero attached hydrogens (tertiary/aromatic N) is 2. The van der Waals surface area contributed by atoms with Crippen molar-refractivity contribution in [2.24, 2.45) is 4.99 Å². The lowest BCUT2D eigenvalue weighted by Crippen LogP contribution is -2.40. The molecular formula is C23H30N4O3. The van der Waals surface area contributed by atoms with Gasteiger partial charge in [0.05, 0.1) is 12.8 Å². The molecule has 1 amide bonds. The van der Waals surface area contributed by atoms with Gasteiger partial charge in [0, 0.05) is 26.2 Å². The van der Waals surface area contributed by atoms with Gasteiger partial charge in [0.25, 0.3) is 5.91 Å². The first-order valence-electron chi connectivity index (χ1n) is 10.4. The van der Waals surface area contributed by atoms with Crippen molar-refractivity contribution in [1.29, 1.82) is 0 Å². The molecule has 0 aliphatic carbocycles. The van der Waals surface area contributed by atoms with Crippen molar-refractivity contribution in [1.82, 2.24) is 10.6 Å². The van der Waals surface area contributed by atoms with Gasteiger partial charge in [0.2, 0.25) is 0 Å². The molecule has 0 spiro atoms. The summed E-state index contributed by atoms with van der Waals surface area (Å²) in [6.07, 6.45) is 1.61. The third kappa shape index (κ3) is 5.65. The Morgan fingerprint density at radius 1 is 1.17 bits per heavy atom. The highest BCUT2D eigenvalue weighted by atomic mass is 16.5. The molecule has 2 aromatic carbocycles. The van der Waals surface area contributed by atoms with Gasteiger partial charge in [-0.15, -0.1) is 0 Å². The summed E-state index contributed by atoms with van der Waals surface area (Å²) >= 11 is 0. The SMILES string of the molecule is CCNC(=NCCCN1C(=O)COc2ccccc21)NCCc1ccccc1OC. The highest BCUT2D eigenvalue weighted by Crippen LogP contribution is 2.31. The number of nitrogens with one attached hydrogen (secondary N) is 2. The summed E-state index contributed by atoms with van der Waals surface area (Å²) < 4.78 is 10.9. The van der Waals surface area contributed by atoms with Crippen LogP contribution in [0.3, 0.4) is 0 Å². The van der Waals surface area contributed by atoms with Crippen LogP contribution in [0.2, 0.25) is 0 Å². The van der Waals surface area contributed by atoms with E-state index in [9.17, 15) is 4.79 Å². The zero-order valence-corrected chi connectivity index (χ0v) is 17.7. The Morgan fingerprint density at radius 2 is 1.97 bits per heavy atom. The third-order valence-corrected chi connectivity index (χ3v) is 4.84. The number of methoxy groups -OCH3 is 1. The molecule has 0 aromatic heterocycles. The molecule has 1 heterocycles. The number of carbonyl (C=O) groups is 1. The van der Waals surface area contributed by atoms with Gasteiger partial charge in [0.1, 0.15) is 11.5 Å². The highest BCUT2D eigenvalue weighted by molar-refractivity contribution is 5.97. The van der Waals surface area contributed by atoms with Crippen molar-refractivity contribution >= 4 is 17.6 Å². The molecule has 0 atom stereocenters. The first-order valence-corrected chi connectivity index (χ1v) is 10.4. The maximum Gasteiger partial charge on any atom is 0.265 e. The number of hydrogen-bond acceptors (Lipinski definition) is 4. The van der Waals surface area contributed by atoms with Crippen molar-refractivity contribution in [3.63, 3.8) is 0 Å². The van der Waals surface area contributed by atoms with E-state index in [0.29, 0.717) is 13.1 Å². The predicted octanol–water partition coefficient (Wildman–Crippen LogP) is 2.61. The normalized spacial score (nSPS) is 13.5. The van der Waals surface area contributed by atoms with E-state index < -0.39 is 0 Å². The van der Waals surface area contributed by atoms with E-state index >= 15 is 0 Å². The van der Waals surface area contributed by atoms with Gasteiger partial charge in [-0.2, -0.15) is 0 Å². The quantitative estimate of drug-likeness (QED) is 0.378. The number of fused-ring (bicyclic) bond motifs is 1. The molecule has 0 unspecified atom stereocenters. The summed E-state index contributed by atoms with van der Waals surface area (Å²) in [5, 5.41) is 6.63. The minimum absolute atomic E-state index is 0.0143. The van der Waals surface area contributed by atoms with Crippen molar-refractivity contribution in [2.45, 2.75) is 19.8 Å². The summed E-state index contributed by atoms with van der Waals surface area (Å²) in [4.78, 5) is 18.7. The number of amides is 1. The fourth-order valence-electron chi connectivity index (χ4n) is 3.39. The van der Waals surface area contributed by atoms with E-state index in [-0.39, 0.29) is 12.5 Å². The fourth-order valence-corrected chi connectivity index (χ4v) is 3.39. The monoisotopic (exact) mass is 410 g/mol. The molecule has 0 saturated heterocycles. The second kappa shape index (κ2) is 11.1. The maximum absolute atomic E-state index is 12.2. The van der Waals surface area contributed by atoms with Crippen molar-refractivity contribution < 1.29 is 14.3 Å². The Kier molecular flexibility index (Phi) is 7.94. The third-order valence-electron chi connectivity index (χ3n) is 4.84. The highest BCUT2D eigenvalue weighted by Gasteiger charge is 2.24. The summed E-state index contributed by atoms with van der Waals surface area (Å²) in [5.41, 5.74) is 1.99. The van der Waals surface area contributed by atoms with Crippen LogP contribution in [0.1, 0.15) is 18.9 Å². The van der Waals surface area contributed by atoms with Crippen LogP contribution < -0.4 is 25.0 Å². The zero-order chi connectivity index (χ0) is 21.2. The summed E-state index contributed by atoms with van der Waals surface area (Å²) in [6, 6.07) is 15.7. The van der Waals surface area contributed by atoms with Gasteiger partial charge < -0.3 is 25.0 Å². The molecule has 30 heavy (non-hydrogen) atoms. The molecule has 0 fully saturated rings. The number of hydrogen-bond donors (Lipinski definition) is 2. The average Bonchev–Trinajstić information content (AvgIpc) is 2.78. The Balaban J connectivity index is 1.50. The van der Waals surface area contributed by atoms with E-state index in [4.69, 9.17) is 9.47 Å². The van der Waals surface area contributed by atoms with E-state index in [1.165, 1.54) is 0 Å².